The van der Waals surface area contributed by atoms with E-state index in [1.54, 1.807) is 11.1 Å². The summed E-state index contributed by atoms with van der Waals surface area (Å²) < 4.78 is 0. The van der Waals surface area contributed by atoms with Gasteiger partial charge < -0.3 is 0 Å². The average molecular weight is 287 g/mol. The Hall–Kier alpha value is -0.850. The Kier molecular flexibility index (Phi) is 7.26. The molecule has 0 bridgehead atoms. The first-order valence-corrected chi connectivity index (χ1v) is 9.30. The summed E-state index contributed by atoms with van der Waals surface area (Å²) in [5, 5.41) is 0. The van der Waals surface area contributed by atoms with Crippen molar-refractivity contribution in [2.24, 2.45) is 0 Å². The van der Waals surface area contributed by atoms with Crippen molar-refractivity contribution in [1.29, 1.82) is 0 Å². The zero-order chi connectivity index (χ0) is 14.9. The second-order valence-electron chi connectivity index (χ2n) is 6.82. The SMILES string of the molecule is CCCC1CCCCCCCC(CCC)c2cnccc21. The van der Waals surface area contributed by atoms with Crippen molar-refractivity contribution in [2.75, 3.05) is 0 Å². The molecule has 2 rings (SSSR count). The molecule has 2 unspecified atom stereocenters. The average Bonchev–Trinajstić information content (AvgIpc) is 2.54. The topological polar surface area (TPSA) is 12.9 Å². The molecular formula is C20H33N. The van der Waals surface area contributed by atoms with Gasteiger partial charge in [-0.05, 0) is 54.7 Å². The minimum atomic E-state index is 0.746. The predicted molar refractivity (Wildman–Crippen MR) is 91.9 cm³/mol. The van der Waals surface area contributed by atoms with Crippen LogP contribution in [0.25, 0.3) is 0 Å². The Morgan fingerprint density at radius 1 is 0.857 bits per heavy atom. The Morgan fingerprint density at radius 2 is 1.43 bits per heavy atom. The molecule has 0 aliphatic heterocycles. The third-order valence-electron chi connectivity index (χ3n) is 5.15. The first-order chi connectivity index (χ1) is 10.4. The van der Waals surface area contributed by atoms with Gasteiger partial charge in [-0.25, -0.2) is 0 Å². The highest BCUT2D eigenvalue weighted by atomic mass is 14.6. The second-order valence-corrected chi connectivity index (χ2v) is 6.82. The molecule has 1 nitrogen and oxygen atoms in total. The zero-order valence-corrected chi connectivity index (χ0v) is 14.1. The maximum Gasteiger partial charge on any atom is 0.0305 e. The Bertz CT molecular complexity index is 362. The van der Waals surface area contributed by atoms with E-state index in [0.29, 0.717) is 0 Å². The van der Waals surface area contributed by atoms with Crippen LogP contribution in [0.15, 0.2) is 18.5 Å². The molecule has 1 heterocycles. The Morgan fingerprint density at radius 3 is 2.05 bits per heavy atom. The molecule has 1 aromatic rings. The van der Waals surface area contributed by atoms with Crippen LogP contribution in [0.2, 0.25) is 0 Å². The van der Waals surface area contributed by atoms with E-state index in [4.69, 9.17) is 0 Å². The number of rotatable bonds is 4. The minimum absolute atomic E-state index is 0.746. The zero-order valence-electron chi connectivity index (χ0n) is 14.1. The van der Waals surface area contributed by atoms with E-state index >= 15 is 0 Å². The molecule has 2 atom stereocenters. The number of pyridine rings is 1. The highest BCUT2D eigenvalue weighted by Gasteiger charge is 2.20. The van der Waals surface area contributed by atoms with Crippen molar-refractivity contribution in [3.05, 3.63) is 29.6 Å². The van der Waals surface area contributed by atoms with Crippen LogP contribution >= 0.6 is 0 Å². The fraction of sp³-hybridized carbons (Fsp3) is 0.750. The van der Waals surface area contributed by atoms with E-state index in [9.17, 15) is 0 Å². The summed E-state index contributed by atoms with van der Waals surface area (Å²) in [6.45, 7) is 4.65. The van der Waals surface area contributed by atoms with Gasteiger partial charge in [-0.3, -0.25) is 4.98 Å². The number of hydrogen-bond donors (Lipinski definition) is 0. The number of aromatic nitrogens is 1. The predicted octanol–water partition coefficient (Wildman–Crippen LogP) is 6.59. The van der Waals surface area contributed by atoms with Gasteiger partial charge >= 0.3 is 0 Å². The normalized spacial score (nSPS) is 24.1. The van der Waals surface area contributed by atoms with Crippen LogP contribution in [0, 0.1) is 0 Å². The summed E-state index contributed by atoms with van der Waals surface area (Å²) in [6.07, 6.45) is 19.3. The quantitative estimate of drug-likeness (QED) is 0.608. The lowest BCUT2D eigenvalue weighted by Crippen LogP contribution is -2.08. The maximum atomic E-state index is 4.47. The largest absolute Gasteiger partial charge is 0.264 e. The van der Waals surface area contributed by atoms with Gasteiger partial charge in [0.1, 0.15) is 0 Å². The fourth-order valence-electron chi connectivity index (χ4n) is 4.05. The molecule has 0 N–H and O–H groups in total. The van der Waals surface area contributed by atoms with Gasteiger partial charge in [-0.15, -0.1) is 0 Å². The third kappa shape index (κ3) is 4.83. The summed E-state index contributed by atoms with van der Waals surface area (Å²) in [5.41, 5.74) is 3.21. The summed E-state index contributed by atoms with van der Waals surface area (Å²) in [5.74, 6) is 1.52. The molecular weight excluding hydrogens is 254 g/mol. The number of hydrogen-bond acceptors (Lipinski definition) is 1. The molecule has 0 aromatic carbocycles. The smallest absolute Gasteiger partial charge is 0.0305 e. The van der Waals surface area contributed by atoms with Crippen LogP contribution in [-0.2, 0) is 0 Å². The highest BCUT2D eigenvalue weighted by molar-refractivity contribution is 5.30. The van der Waals surface area contributed by atoms with Gasteiger partial charge in [0.05, 0.1) is 0 Å². The number of fused-ring (bicyclic) bond motifs is 1. The van der Waals surface area contributed by atoms with Gasteiger partial charge in [0, 0.05) is 12.4 Å². The van der Waals surface area contributed by atoms with Crippen LogP contribution in [0.5, 0.6) is 0 Å². The molecule has 0 amide bonds. The molecule has 0 saturated heterocycles. The van der Waals surface area contributed by atoms with Crippen molar-refractivity contribution < 1.29 is 0 Å². The lowest BCUT2D eigenvalue weighted by Gasteiger charge is -2.24. The second kappa shape index (κ2) is 9.23. The third-order valence-corrected chi connectivity index (χ3v) is 5.15. The molecule has 0 spiro atoms. The molecule has 0 saturated carbocycles. The van der Waals surface area contributed by atoms with E-state index in [0.717, 1.165) is 11.8 Å². The van der Waals surface area contributed by atoms with Gasteiger partial charge in [0.2, 0.25) is 0 Å². The molecule has 21 heavy (non-hydrogen) atoms. The molecule has 1 heteroatoms. The standard InChI is InChI=1S/C20H33N/c1-3-10-17-12-8-6-5-7-9-13-18(11-4-2)20-16-21-15-14-19(17)20/h14-18H,3-13H2,1-2H3. The van der Waals surface area contributed by atoms with E-state index in [1.807, 2.05) is 6.20 Å². The van der Waals surface area contributed by atoms with E-state index < -0.39 is 0 Å². The van der Waals surface area contributed by atoms with E-state index in [-0.39, 0.29) is 0 Å². The van der Waals surface area contributed by atoms with Gasteiger partial charge in [-0.2, -0.15) is 0 Å². The van der Waals surface area contributed by atoms with Crippen LogP contribution in [0.4, 0.5) is 0 Å². The monoisotopic (exact) mass is 287 g/mol. The summed E-state index contributed by atoms with van der Waals surface area (Å²) in [6, 6.07) is 2.33. The van der Waals surface area contributed by atoms with E-state index in [2.05, 4.69) is 31.1 Å². The number of nitrogens with zero attached hydrogens (tertiary/aromatic N) is 1. The van der Waals surface area contributed by atoms with Crippen molar-refractivity contribution in [3.63, 3.8) is 0 Å². The van der Waals surface area contributed by atoms with Gasteiger partial charge in [-0.1, -0.05) is 58.8 Å². The summed E-state index contributed by atoms with van der Waals surface area (Å²) >= 11 is 0. The molecule has 0 fully saturated rings. The minimum Gasteiger partial charge on any atom is -0.264 e. The first kappa shape index (κ1) is 16.5. The van der Waals surface area contributed by atoms with Gasteiger partial charge in [0.15, 0.2) is 0 Å². The molecule has 1 aliphatic carbocycles. The van der Waals surface area contributed by atoms with Crippen molar-refractivity contribution in [1.82, 2.24) is 4.98 Å². The van der Waals surface area contributed by atoms with E-state index in [1.165, 1.54) is 70.6 Å². The first-order valence-electron chi connectivity index (χ1n) is 9.30. The molecule has 118 valence electrons. The molecule has 1 aromatic heterocycles. The van der Waals surface area contributed by atoms with Crippen LogP contribution in [0.1, 0.15) is 107 Å². The Labute approximate surface area is 131 Å². The van der Waals surface area contributed by atoms with Crippen LogP contribution < -0.4 is 0 Å². The van der Waals surface area contributed by atoms with Crippen molar-refractivity contribution in [2.45, 2.75) is 96.3 Å². The van der Waals surface area contributed by atoms with Gasteiger partial charge in [0.25, 0.3) is 0 Å². The maximum absolute atomic E-state index is 4.47. The van der Waals surface area contributed by atoms with Crippen molar-refractivity contribution in [3.8, 4) is 0 Å². The fourth-order valence-corrected chi connectivity index (χ4v) is 4.05. The highest BCUT2D eigenvalue weighted by Crippen LogP contribution is 2.37. The summed E-state index contributed by atoms with van der Waals surface area (Å²) in [4.78, 5) is 4.47. The van der Waals surface area contributed by atoms with Crippen molar-refractivity contribution >= 4 is 0 Å². The molecule has 1 aliphatic rings. The van der Waals surface area contributed by atoms with Crippen LogP contribution in [-0.4, -0.2) is 4.98 Å². The Balaban J connectivity index is 2.29. The summed E-state index contributed by atoms with van der Waals surface area (Å²) in [7, 11) is 0. The molecule has 0 radical (unpaired) electrons. The van der Waals surface area contributed by atoms with Crippen LogP contribution in [0.3, 0.4) is 0 Å². The lowest BCUT2D eigenvalue weighted by atomic mass is 9.81. The lowest BCUT2D eigenvalue weighted by molar-refractivity contribution is 0.513.